The molecule has 2 rings (SSSR count). The molecule has 1 aliphatic carbocycles. The Morgan fingerprint density at radius 3 is 2.79 bits per heavy atom. The van der Waals surface area contributed by atoms with E-state index in [0.29, 0.717) is 0 Å². The molecule has 1 fully saturated rings. The number of rotatable bonds is 8. The number of nitrogens with zero attached hydrogens (tertiary/aromatic N) is 1. The molecule has 1 aliphatic rings. The molecule has 1 aromatic heterocycles. The molecule has 0 bridgehead atoms. The van der Waals surface area contributed by atoms with Crippen LogP contribution in [0.2, 0.25) is 4.34 Å². The summed E-state index contributed by atoms with van der Waals surface area (Å²) in [6, 6.07) is 4.29. The molecule has 1 heterocycles. The smallest absolute Gasteiger partial charge is 0.0931 e. The number of halogens is 1. The van der Waals surface area contributed by atoms with Crippen LogP contribution in [0.1, 0.15) is 30.7 Å². The molecule has 1 saturated carbocycles. The molecule has 0 saturated heterocycles. The van der Waals surface area contributed by atoms with Gasteiger partial charge in [-0.05, 0) is 44.9 Å². The van der Waals surface area contributed by atoms with Crippen LogP contribution in [0, 0.1) is 5.92 Å². The molecule has 5 heteroatoms. The molecule has 0 amide bonds. The fourth-order valence-electron chi connectivity index (χ4n) is 2.25. The minimum Gasteiger partial charge on any atom is -0.380 e. The summed E-state index contributed by atoms with van der Waals surface area (Å²) in [5.74, 6) is 0.825. The average Bonchev–Trinajstić information content (AvgIpc) is 3.07. The molecule has 2 unspecified atom stereocenters. The summed E-state index contributed by atoms with van der Waals surface area (Å²) in [5, 5.41) is 0. The van der Waals surface area contributed by atoms with Gasteiger partial charge in [-0.25, -0.2) is 0 Å². The largest absolute Gasteiger partial charge is 0.380 e. The van der Waals surface area contributed by atoms with Gasteiger partial charge in [0.15, 0.2) is 0 Å². The van der Waals surface area contributed by atoms with Gasteiger partial charge in [-0.1, -0.05) is 11.6 Å². The Labute approximate surface area is 124 Å². The fourth-order valence-corrected chi connectivity index (χ4v) is 3.59. The topological polar surface area (TPSA) is 38.5 Å². The van der Waals surface area contributed by atoms with E-state index in [1.54, 1.807) is 11.3 Å². The SMILES string of the molecule is CC(N)C(c1ccc(Cl)s1)N(C)CCOCC1CC1. The zero-order valence-electron chi connectivity index (χ0n) is 11.6. The summed E-state index contributed by atoms with van der Waals surface area (Å²) >= 11 is 7.63. The van der Waals surface area contributed by atoms with Crippen LogP contribution < -0.4 is 5.73 Å². The molecule has 0 aromatic carbocycles. The zero-order chi connectivity index (χ0) is 13.8. The standard InChI is InChI=1S/C14H23ClN2OS/c1-10(16)14(12-5-6-13(15)19-12)17(2)7-8-18-9-11-3-4-11/h5-6,10-11,14H,3-4,7-9,16H2,1-2H3. The molecule has 108 valence electrons. The molecule has 2 N–H and O–H groups in total. The van der Waals surface area contributed by atoms with E-state index < -0.39 is 0 Å². The van der Waals surface area contributed by atoms with Crippen LogP contribution in [0.3, 0.4) is 0 Å². The van der Waals surface area contributed by atoms with Crippen molar-refractivity contribution < 1.29 is 4.74 Å². The van der Waals surface area contributed by atoms with Crippen LogP contribution in [0.5, 0.6) is 0 Å². The molecule has 0 aliphatic heterocycles. The second-order valence-corrected chi connectivity index (χ2v) is 7.19. The van der Waals surface area contributed by atoms with E-state index in [2.05, 4.69) is 18.0 Å². The summed E-state index contributed by atoms with van der Waals surface area (Å²) in [5.41, 5.74) is 6.12. The van der Waals surface area contributed by atoms with Crippen LogP contribution in [0.4, 0.5) is 0 Å². The van der Waals surface area contributed by atoms with Gasteiger partial charge < -0.3 is 10.5 Å². The molecule has 0 radical (unpaired) electrons. The van der Waals surface area contributed by atoms with Crippen molar-refractivity contribution in [2.75, 3.05) is 26.8 Å². The molecular formula is C14H23ClN2OS. The monoisotopic (exact) mass is 302 g/mol. The van der Waals surface area contributed by atoms with E-state index in [0.717, 1.165) is 30.0 Å². The second-order valence-electron chi connectivity index (χ2n) is 5.44. The van der Waals surface area contributed by atoms with Crippen LogP contribution in [0.15, 0.2) is 12.1 Å². The number of thiophene rings is 1. The van der Waals surface area contributed by atoms with Crippen molar-refractivity contribution in [2.45, 2.75) is 31.8 Å². The fraction of sp³-hybridized carbons (Fsp3) is 0.714. The highest BCUT2D eigenvalue weighted by Gasteiger charge is 2.24. The summed E-state index contributed by atoms with van der Waals surface area (Å²) < 4.78 is 6.51. The third-order valence-electron chi connectivity index (χ3n) is 3.50. The van der Waals surface area contributed by atoms with Crippen molar-refractivity contribution in [3.63, 3.8) is 0 Å². The normalized spacial score (nSPS) is 18.8. The quantitative estimate of drug-likeness (QED) is 0.750. The van der Waals surface area contributed by atoms with Gasteiger partial charge in [0.1, 0.15) is 0 Å². The number of nitrogens with two attached hydrogens (primary N) is 1. The second kappa shape index (κ2) is 7.04. The average molecular weight is 303 g/mol. The predicted molar refractivity (Wildman–Crippen MR) is 81.9 cm³/mol. The molecule has 3 nitrogen and oxygen atoms in total. The van der Waals surface area contributed by atoms with Gasteiger partial charge in [0.25, 0.3) is 0 Å². The highest BCUT2D eigenvalue weighted by molar-refractivity contribution is 7.16. The van der Waals surface area contributed by atoms with Crippen LogP contribution >= 0.6 is 22.9 Å². The summed E-state index contributed by atoms with van der Waals surface area (Å²) in [4.78, 5) is 3.49. The third-order valence-corrected chi connectivity index (χ3v) is 4.80. The van der Waals surface area contributed by atoms with Gasteiger partial charge in [-0.2, -0.15) is 0 Å². The third kappa shape index (κ3) is 4.72. The lowest BCUT2D eigenvalue weighted by Crippen LogP contribution is -2.38. The molecule has 1 aromatic rings. The first-order valence-electron chi connectivity index (χ1n) is 6.86. The van der Waals surface area contributed by atoms with E-state index in [-0.39, 0.29) is 12.1 Å². The van der Waals surface area contributed by atoms with Crippen molar-refractivity contribution in [2.24, 2.45) is 11.7 Å². The molecule has 19 heavy (non-hydrogen) atoms. The van der Waals surface area contributed by atoms with Gasteiger partial charge in [0.05, 0.1) is 17.0 Å². The minimum atomic E-state index is 0.0724. The highest BCUT2D eigenvalue weighted by atomic mass is 35.5. The molecular weight excluding hydrogens is 280 g/mol. The number of likely N-dealkylation sites (N-methyl/N-ethyl adjacent to an activating group) is 1. The minimum absolute atomic E-state index is 0.0724. The Morgan fingerprint density at radius 2 is 2.26 bits per heavy atom. The Balaban J connectivity index is 1.83. The van der Waals surface area contributed by atoms with Gasteiger partial charge in [0, 0.05) is 24.1 Å². The van der Waals surface area contributed by atoms with E-state index in [9.17, 15) is 0 Å². The van der Waals surface area contributed by atoms with Crippen molar-refractivity contribution >= 4 is 22.9 Å². The van der Waals surface area contributed by atoms with Gasteiger partial charge in [0.2, 0.25) is 0 Å². The highest BCUT2D eigenvalue weighted by Crippen LogP contribution is 2.31. The van der Waals surface area contributed by atoms with Crippen LogP contribution in [-0.2, 0) is 4.74 Å². The molecule has 2 atom stereocenters. The van der Waals surface area contributed by atoms with Gasteiger partial charge in [-0.15, -0.1) is 11.3 Å². The van der Waals surface area contributed by atoms with Gasteiger partial charge in [-0.3, -0.25) is 4.90 Å². The van der Waals surface area contributed by atoms with Crippen molar-refractivity contribution in [1.29, 1.82) is 0 Å². The first-order valence-corrected chi connectivity index (χ1v) is 8.06. The maximum Gasteiger partial charge on any atom is 0.0931 e. The maximum atomic E-state index is 6.12. The summed E-state index contributed by atoms with van der Waals surface area (Å²) in [6.45, 7) is 4.63. The number of ether oxygens (including phenoxy) is 1. The Morgan fingerprint density at radius 1 is 1.53 bits per heavy atom. The summed E-state index contributed by atoms with van der Waals surface area (Å²) in [6.07, 6.45) is 2.68. The van der Waals surface area contributed by atoms with Crippen LogP contribution in [0.25, 0.3) is 0 Å². The van der Waals surface area contributed by atoms with E-state index in [1.165, 1.54) is 17.7 Å². The predicted octanol–water partition coefficient (Wildman–Crippen LogP) is 3.15. The lowest BCUT2D eigenvalue weighted by molar-refractivity contribution is 0.0882. The van der Waals surface area contributed by atoms with Crippen molar-refractivity contribution in [3.05, 3.63) is 21.3 Å². The number of hydrogen-bond donors (Lipinski definition) is 1. The Bertz CT molecular complexity index is 393. The maximum absolute atomic E-state index is 6.12. The first-order chi connectivity index (χ1) is 9.08. The van der Waals surface area contributed by atoms with E-state index in [1.807, 2.05) is 13.0 Å². The zero-order valence-corrected chi connectivity index (χ0v) is 13.2. The lowest BCUT2D eigenvalue weighted by atomic mass is 10.1. The lowest BCUT2D eigenvalue weighted by Gasteiger charge is -2.30. The summed E-state index contributed by atoms with van der Waals surface area (Å²) in [7, 11) is 2.10. The first kappa shape index (κ1) is 15.3. The Kier molecular flexibility index (Phi) is 5.66. The van der Waals surface area contributed by atoms with E-state index in [4.69, 9.17) is 22.1 Å². The van der Waals surface area contributed by atoms with Gasteiger partial charge >= 0.3 is 0 Å². The Hall–Kier alpha value is -0.130. The molecule has 0 spiro atoms. The van der Waals surface area contributed by atoms with Crippen LogP contribution in [-0.4, -0.2) is 37.7 Å². The number of hydrogen-bond acceptors (Lipinski definition) is 4. The van der Waals surface area contributed by atoms with Crippen molar-refractivity contribution in [1.82, 2.24) is 4.90 Å². The van der Waals surface area contributed by atoms with E-state index >= 15 is 0 Å². The van der Waals surface area contributed by atoms with Crippen molar-refractivity contribution in [3.8, 4) is 0 Å².